The molecule has 30 heavy (non-hydrogen) atoms. The van der Waals surface area contributed by atoms with Crippen molar-refractivity contribution in [2.75, 3.05) is 6.61 Å². The zero-order valence-corrected chi connectivity index (χ0v) is 18.4. The molecule has 2 saturated carbocycles. The van der Waals surface area contributed by atoms with Gasteiger partial charge in [0.15, 0.2) is 6.29 Å². The number of quaternary nitrogens is 2. The molecule has 5 atom stereocenters. The lowest BCUT2D eigenvalue weighted by Crippen LogP contribution is -2.61. The van der Waals surface area contributed by atoms with E-state index < -0.39 is 45.1 Å². The minimum atomic E-state index is -5.41. The highest BCUT2D eigenvalue weighted by Crippen LogP contribution is 2.33. The van der Waals surface area contributed by atoms with Gasteiger partial charge in [-0.05, 0) is 51.4 Å². The average molecular weight is 458 g/mol. The third-order valence-electron chi connectivity index (χ3n) is 5.53. The van der Waals surface area contributed by atoms with Gasteiger partial charge in [0.05, 0.1) is 26.5 Å². The van der Waals surface area contributed by atoms with Crippen molar-refractivity contribution in [2.24, 2.45) is 0 Å². The van der Waals surface area contributed by atoms with E-state index in [1.165, 1.54) is 64.2 Å². The quantitative estimate of drug-likeness (QED) is 0.234. The number of aliphatic hydroxyl groups is 4. The van der Waals surface area contributed by atoms with Crippen LogP contribution in [0.15, 0.2) is 0 Å². The molecule has 3 fully saturated rings. The zero-order valence-electron chi connectivity index (χ0n) is 17.5. The predicted octanol–water partition coefficient (Wildman–Crippen LogP) is -3.25. The molecule has 0 amide bonds. The lowest BCUT2D eigenvalue weighted by atomic mass is 9.97. The van der Waals surface area contributed by atoms with Crippen LogP contribution in [-0.4, -0.2) is 69.8 Å². The number of hydrogen-bond acceptors (Lipinski definition) is 9. The summed E-state index contributed by atoms with van der Waals surface area (Å²) >= 11 is 0. The molecule has 12 heteroatoms. The van der Waals surface area contributed by atoms with Crippen LogP contribution >= 0.6 is 7.82 Å². The van der Waals surface area contributed by atoms with Crippen LogP contribution in [0.25, 0.3) is 0 Å². The zero-order chi connectivity index (χ0) is 22.7. The van der Waals surface area contributed by atoms with Crippen molar-refractivity contribution in [1.82, 2.24) is 0 Å². The Labute approximate surface area is 177 Å². The molecule has 0 aromatic heterocycles. The molecule has 0 unspecified atom stereocenters. The highest BCUT2D eigenvalue weighted by atomic mass is 31.2. The van der Waals surface area contributed by atoms with E-state index in [1.807, 2.05) is 0 Å². The van der Waals surface area contributed by atoms with Crippen molar-refractivity contribution in [3.05, 3.63) is 0 Å². The van der Waals surface area contributed by atoms with Gasteiger partial charge in [0.25, 0.3) is 0 Å². The largest absolute Gasteiger partial charge is 0.790 e. The van der Waals surface area contributed by atoms with Crippen LogP contribution in [0.3, 0.4) is 0 Å². The van der Waals surface area contributed by atoms with Gasteiger partial charge in [0, 0.05) is 0 Å². The summed E-state index contributed by atoms with van der Waals surface area (Å²) in [7, 11) is -5.41. The van der Waals surface area contributed by atoms with E-state index in [2.05, 4.69) is 20.7 Å². The molecule has 3 rings (SSSR count). The van der Waals surface area contributed by atoms with Gasteiger partial charge in [0.1, 0.15) is 24.4 Å². The fourth-order valence-corrected chi connectivity index (χ4v) is 4.08. The summed E-state index contributed by atoms with van der Waals surface area (Å²) in [6, 6.07) is 1.57. The summed E-state index contributed by atoms with van der Waals surface area (Å²) in [5, 5.41) is 36.5. The minimum absolute atomic E-state index is 0.743. The number of phosphoric acid groups is 1. The van der Waals surface area contributed by atoms with E-state index in [4.69, 9.17) is 5.11 Å². The van der Waals surface area contributed by atoms with E-state index >= 15 is 0 Å². The molecule has 1 aliphatic heterocycles. The normalized spacial score (nSPS) is 33.7. The van der Waals surface area contributed by atoms with Crippen LogP contribution in [0, 0.1) is 0 Å². The molecule has 0 aromatic rings. The number of aliphatic hydroxyl groups excluding tert-OH is 4. The minimum Gasteiger partial charge on any atom is -0.790 e. The van der Waals surface area contributed by atoms with Crippen LogP contribution in [0.5, 0.6) is 0 Å². The molecule has 1 heterocycles. The van der Waals surface area contributed by atoms with Gasteiger partial charge >= 0.3 is 0 Å². The molecule has 11 nitrogen and oxygen atoms in total. The third-order valence-corrected chi connectivity index (χ3v) is 6.00. The Morgan fingerprint density at radius 2 is 1.27 bits per heavy atom. The Morgan fingerprint density at radius 3 is 1.57 bits per heavy atom. The van der Waals surface area contributed by atoms with Gasteiger partial charge in [-0.1, -0.05) is 12.8 Å². The molecule has 0 radical (unpaired) electrons. The summed E-state index contributed by atoms with van der Waals surface area (Å²) in [5.74, 6) is 0. The highest BCUT2D eigenvalue weighted by Gasteiger charge is 2.44. The van der Waals surface area contributed by atoms with E-state index in [0.29, 0.717) is 0 Å². The molecule has 1 saturated heterocycles. The Kier molecular flexibility index (Phi) is 13.1. The number of ether oxygens (including phenoxy) is 1. The topological polar surface area (TPSA) is 218 Å². The second-order valence-electron chi connectivity index (χ2n) is 8.26. The second kappa shape index (κ2) is 14.1. The number of hydrogen-bond donors (Lipinski definition) is 6. The number of rotatable bonds is 3. The van der Waals surface area contributed by atoms with Gasteiger partial charge in [-0.25, -0.2) is 0 Å². The van der Waals surface area contributed by atoms with Gasteiger partial charge in [0.2, 0.25) is 0 Å². The van der Waals surface area contributed by atoms with Crippen molar-refractivity contribution < 1.29 is 55.5 Å². The van der Waals surface area contributed by atoms with Crippen LogP contribution in [0.1, 0.15) is 64.2 Å². The SMILES string of the molecule is O=P([O-])([O-])O[C@H]1O[C@H](CO)[C@@H](O)[C@H](O)[C@@H]1O.[NH3+]C1CCCCC1.[NH3+]C1CCCCC1. The van der Waals surface area contributed by atoms with E-state index in [9.17, 15) is 29.7 Å². The summed E-state index contributed by atoms with van der Waals surface area (Å²) in [4.78, 5) is 20.6. The number of phosphoric ester groups is 1. The summed E-state index contributed by atoms with van der Waals surface area (Å²) in [5.41, 5.74) is 8.00. The third kappa shape index (κ3) is 10.9. The van der Waals surface area contributed by atoms with Gasteiger partial charge in [-0.15, -0.1) is 0 Å². The fraction of sp³-hybridized carbons (Fsp3) is 1.00. The highest BCUT2D eigenvalue weighted by molar-refractivity contribution is 7.43. The first-order valence-electron chi connectivity index (χ1n) is 10.7. The van der Waals surface area contributed by atoms with Crippen LogP contribution in [0.2, 0.25) is 0 Å². The molecule has 0 bridgehead atoms. The molecule has 180 valence electrons. The maximum Gasteiger partial charge on any atom is 0.191 e. The molecule has 0 spiro atoms. The molecule has 0 aromatic carbocycles. The molecule has 2 aliphatic carbocycles. The van der Waals surface area contributed by atoms with E-state index in [1.54, 1.807) is 0 Å². The lowest BCUT2D eigenvalue weighted by molar-refractivity contribution is -0.425. The first-order valence-corrected chi connectivity index (χ1v) is 12.2. The van der Waals surface area contributed by atoms with Crippen LogP contribution < -0.4 is 21.3 Å². The van der Waals surface area contributed by atoms with Crippen molar-refractivity contribution in [3.8, 4) is 0 Å². The first-order chi connectivity index (χ1) is 14.0. The monoisotopic (exact) mass is 458 g/mol. The summed E-state index contributed by atoms with van der Waals surface area (Å²) in [6.45, 7) is -0.743. The second-order valence-corrected chi connectivity index (χ2v) is 9.36. The van der Waals surface area contributed by atoms with Crippen LogP contribution in [-0.2, 0) is 13.8 Å². The van der Waals surface area contributed by atoms with Crippen molar-refractivity contribution in [3.63, 3.8) is 0 Å². The predicted molar refractivity (Wildman–Crippen MR) is 102 cm³/mol. The Balaban J connectivity index is 0.000000263. The summed E-state index contributed by atoms with van der Waals surface area (Å²) in [6.07, 6.45) is 5.49. The smallest absolute Gasteiger partial charge is 0.191 e. The Morgan fingerprint density at radius 1 is 0.833 bits per heavy atom. The standard InChI is InChI=1S/2C6H13N.C6H13O9P/c2*7-6-4-2-1-3-5-6;7-1-2-3(8)4(9)5(10)6(14-2)15-16(11,12)13/h2*6H,1-5,7H2;2-10H,1H2,(H2,11,12,13)/t;;2-,3-,4+,5+,6-/m..1/s1. The molecule has 3 aliphatic rings. The lowest BCUT2D eigenvalue weighted by Gasteiger charge is -2.43. The molecule has 10 N–H and O–H groups in total. The van der Waals surface area contributed by atoms with Crippen molar-refractivity contribution in [1.29, 1.82) is 0 Å². The fourth-order valence-electron chi connectivity index (χ4n) is 3.66. The van der Waals surface area contributed by atoms with Crippen LogP contribution in [0.4, 0.5) is 0 Å². The average Bonchev–Trinajstić information content (AvgIpc) is 2.70. The van der Waals surface area contributed by atoms with Gasteiger partial charge < -0.3 is 55.5 Å². The van der Waals surface area contributed by atoms with Crippen molar-refractivity contribution in [2.45, 2.75) is 107 Å². The van der Waals surface area contributed by atoms with E-state index in [-0.39, 0.29) is 0 Å². The van der Waals surface area contributed by atoms with Gasteiger partial charge in [-0.2, -0.15) is 0 Å². The first kappa shape index (κ1) is 27.9. The molecular formula is C18H39N2O9P. The Hall–Kier alpha value is -0.170. The van der Waals surface area contributed by atoms with Crippen molar-refractivity contribution >= 4 is 7.82 Å². The summed E-state index contributed by atoms with van der Waals surface area (Å²) < 4.78 is 18.7. The van der Waals surface area contributed by atoms with Gasteiger partial charge in [-0.3, -0.25) is 0 Å². The maximum absolute atomic E-state index is 10.3. The van der Waals surface area contributed by atoms with E-state index in [0.717, 1.165) is 12.1 Å². The Bertz CT molecular complexity index is 480. The maximum atomic E-state index is 10.3. The molecular weight excluding hydrogens is 419 g/mol.